The third-order valence-corrected chi connectivity index (χ3v) is 3.47. The summed E-state index contributed by atoms with van der Waals surface area (Å²) in [5, 5.41) is 2.01. The number of carbonyl (C=O) groups is 1. The second-order valence-corrected chi connectivity index (χ2v) is 5.05. The van der Waals surface area contributed by atoms with Gasteiger partial charge in [-0.1, -0.05) is 6.07 Å². The molecular formula is C14H16N2O3S. The predicted octanol–water partition coefficient (Wildman–Crippen LogP) is 2.52. The van der Waals surface area contributed by atoms with Gasteiger partial charge in [0.2, 0.25) is 5.88 Å². The Morgan fingerprint density at radius 1 is 1.50 bits per heavy atom. The second-order valence-electron chi connectivity index (χ2n) is 4.02. The van der Waals surface area contributed by atoms with Crippen molar-refractivity contribution in [2.45, 2.75) is 13.3 Å². The van der Waals surface area contributed by atoms with Gasteiger partial charge in [-0.05, 0) is 24.4 Å². The molecule has 6 heteroatoms. The van der Waals surface area contributed by atoms with Crippen LogP contribution in [0, 0.1) is 0 Å². The van der Waals surface area contributed by atoms with E-state index in [1.807, 2.05) is 17.5 Å². The molecule has 0 spiro atoms. The van der Waals surface area contributed by atoms with Crippen molar-refractivity contribution in [2.75, 3.05) is 18.9 Å². The zero-order valence-electron chi connectivity index (χ0n) is 11.2. The number of hydrogen-bond donors (Lipinski definition) is 1. The van der Waals surface area contributed by atoms with Crippen LogP contribution < -0.4 is 10.5 Å². The molecule has 0 aliphatic rings. The number of carbonyl (C=O) groups excluding carboxylic acids is 1. The summed E-state index contributed by atoms with van der Waals surface area (Å²) in [6.45, 7) is 2.49. The number of rotatable bonds is 6. The van der Waals surface area contributed by atoms with Gasteiger partial charge in [-0.3, -0.25) is 0 Å². The van der Waals surface area contributed by atoms with E-state index in [1.165, 1.54) is 17.1 Å². The number of pyridine rings is 1. The molecule has 0 saturated heterocycles. The Bertz CT molecular complexity index is 570. The molecule has 0 aliphatic heterocycles. The highest BCUT2D eigenvalue weighted by molar-refractivity contribution is 7.09. The molecule has 0 radical (unpaired) electrons. The highest BCUT2D eigenvalue weighted by Crippen LogP contribution is 2.19. The average molecular weight is 292 g/mol. The van der Waals surface area contributed by atoms with Crippen molar-refractivity contribution < 1.29 is 14.3 Å². The molecule has 2 aromatic rings. The Kier molecular flexibility index (Phi) is 4.95. The molecule has 0 fully saturated rings. The molecular weight excluding hydrogens is 276 g/mol. The number of thiophene rings is 1. The lowest BCUT2D eigenvalue weighted by molar-refractivity contribution is 0.0520. The normalized spacial score (nSPS) is 10.2. The third-order valence-electron chi connectivity index (χ3n) is 2.53. The molecule has 0 unspecified atom stereocenters. The van der Waals surface area contributed by atoms with Gasteiger partial charge in [0.15, 0.2) is 0 Å². The Morgan fingerprint density at radius 3 is 3.05 bits per heavy atom. The van der Waals surface area contributed by atoms with Gasteiger partial charge in [0, 0.05) is 11.3 Å². The van der Waals surface area contributed by atoms with Gasteiger partial charge in [-0.15, -0.1) is 11.3 Å². The molecule has 0 bridgehead atoms. The van der Waals surface area contributed by atoms with Crippen LogP contribution in [-0.2, 0) is 11.2 Å². The quantitative estimate of drug-likeness (QED) is 0.828. The fourth-order valence-corrected chi connectivity index (χ4v) is 2.33. The van der Waals surface area contributed by atoms with Crippen molar-refractivity contribution in [3.8, 4) is 5.88 Å². The lowest BCUT2D eigenvalue weighted by Crippen LogP contribution is -2.11. The predicted molar refractivity (Wildman–Crippen MR) is 78.1 cm³/mol. The van der Waals surface area contributed by atoms with Crippen LogP contribution in [0.3, 0.4) is 0 Å². The smallest absolute Gasteiger partial charge is 0.343 e. The molecule has 2 aromatic heterocycles. The number of hydrogen-bond acceptors (Lipinski definition) is 6. The maximum absolute atomic E-state index is 11.8. The first-order chi connectivity index (χ1) is 9.70. The number of aromatic nitrogens is 1. The van der Waals surface area contributed by atoms with Crippen LogP contribution in [0.5, 0.6) is 5.88 Å². The minimum Gasteiger partial charge on any atom is -0.477 e. The Balaban J connectivity index is 2.04. The highest BCUT2D eigenvalue weighted by Gasteiger charge is 2.15. The van der Waals surface area contributed by atoms with Crippen molar-refractivity contribution in [1.82, 2.24) is 4.98 Å². The van der Waals surface area contributed by atoms with E-state index >= 15 is 0 Å². The lowest BCUT2D eigenvalue weighted by atomic mass is 10.2. The van der Waals surface area contributed by atoms with E-state index in [0.29, 0.717) is 18.9 Å². The zero-order valence-corrected chi connectivity index (χ0v) is 12.0. The van der Waals surface area contributed by atoms with Crippen LogP contribution in [-0.4, -0.2) is 24.2 Å². The van der Waals surface area contributed by atoms with Gasteiger partial charge >= 0.3 is 5.97 Å². The van der Waals surface area contributed by atoms with E-state index in [-0.39, 0.29) is 11.4 Å². The Morgan fingerprint density at radius 2 is 2.35 bits per heavy atom. The van der Waals surface area contributed by atoms with E-state index in [9.17, 15) is 4.79 Å². The van der Waals surface area contributed by atoms with E-state index in [0.717, 1.165) is 6.42 Å². The molecule has 0 aromatic carbocycles. The summed E-state index contributed by atoms with van der Waals surface area (Å²) in [6, 6.07) is 5.55. The molecule has 0 aliphatic carbocycles. The van der Waals surface area contributed by atoms with Gasteiger partial charge in [0.25, 0.3) is 0 Å². The fraction of sp³-hybridized carbons (Fsp3) is 0.286. The topological polar surface area (TPSA) is 74.4 Å². The fourth-order valence-electron chi connectivity index (χ4n) is 1.64. The van der Waals surface area contributed by atoms with Gasteiger partial charge < -0.3 is 15.2 Å². The van der Waals surface area contributed by atoms with Crippen LogP contribution in [0.4, 0.5) is 5.69 Å². The second kappa shape index (κ2) is 6.91. The molecule has 2 heterocycles. The van der Waals surface area contributed by atoms with Gasteiger partial charge in [-0.2, -0.15) is 0 Å². The lowest BCUT2D eigenvalue weighted by Gasteiger charge is -2.10. The number of nitrogens with two attached hydrogens (primary N) is 1. The maximum Gasteiger partial charge on any atom is 0.343 e. The van der Waals surface area contributed by atoms with Crippen molar-refractivity contribution >= 4 is 23.0 Å². The number of esters is 1. The van der Waals surface area contributed by atoms with Crippen LogP contribution in [0.1, 0.15) is 22.2 Å². The summed E-state index contributed by atoms with van der Waals surface area (Å²) >= 11 is 1.67. The number of anilines is 1. The number of nitrogens with zero attached hydrogens (tertiary/aromatic N) is 1. The molecule has 2 rings (SSSR count). The average Bonchev–Trinajstić information content (AvgIpc) is 2.94. The van der Waals surface area contributed by atoms with Gasteiger partial charge in [0.05, 0.1) is 25.1 Å². The van der Waals surface area contributed by atoms with Crippen LogP contribution in [0.15, 0.2) is 29.8 Å². The SMILES string of the molecule is CCOC(=O)c1cc(N)cnc1OCCc1cccs1. The number of ether oxygens (including phenoxy) is 2. The molecule has 0 saturated carbocycles. The van der Waals surface area contributed by atoms with Crippen molar-refractivity contribution in [2.24, 2.45) is 0 Å². The van der Waals surface area contributed by atoms with E-state index < -0.39 is 5.97 Å². The summed E-state index contributed by atoms with van der Waals surface area (Å²) in [5.74, 6) is -0.215. The zero-order chi connectivity index (χ0) is 14.4. The van der Waals surface area contributed by atoms with Crippen molar-refractivity contribution in [3.05, 3.63) is 40.2 Å². The summed E-state index contributed by atoms with van der Waals surface area (Å²) < 4.78 is 10.5. The molecule has 0 atom stereocenters. The molecule has 20 heavy (non-hydrogen) atoms. The standard InChI is InChI=1S/C14H16N2O3S/c1-2-18-14(17)12-8-10(15)9-16-13(12)19-6-5-11-4-3-7-20-11/h3-4,7-9H,2,5-6,15H2,1H3. The van der Waals surface area contributed by atoms with E-state index in [4.69, 9.17) is 15.2 Å². The van der Waals surface area contributed by atoms with Crippen LogP contribution >= 0.6 is 11.3 Å². The summed E-state index contributed by atoms with van der Waals surface area (Å²) in [6.07, 6.45) is 2.23. The minimum atomic E-state index is -0.474. The van der Waals surface area contributed by atoms with Gasteiger partial charge in [0.1, 0.15) is 5.56 Å². The molecule has 0 amide bonds. The first-order valence-electron chi connectivity index (χ1n) is 6.28. The highest BCUT2D eigenvalue weighted by atomic mass is 32.1. The monoisotopic (exact) mass is 292 g/mol. The molecule has 106 valence electrons. The first kappa shape index (κ1) is 14.3. The maximum atomic E-state index is 11.8. The molecule has 2 N–H and O–H groups in total. The third kappa shape index (κ3) is 3.71. The minimum absolute atomic E-state index is 0.259. The number of nitrogen functional groups attached to an aromatic ring is 1. The summed E-state index contributed by atoms with van der Waals surface area (Å²) in [7, 11) is 0. The van der Waals surface area contributed by atoms with Crippen molar-refractivity contribution in [1.29, 1.82) is 0 Å². The van der Waals surface area contributed by atoms with Crippen LogP contribution in [0.25, 0.3) is 0 Å². The van der Waals surface area contributed by atoms with Gasteiger partial charge in [-0.25, -0.2) is 9.78 Å². The Labute approximate surface area is 121 Å². The summed E-state index contributed by atoms with van der Waals surface area (Å²) in [5.41, 5.74) is 6.31. The largest absolute Gasteiger partial charge is 0.477 e. The summed E-state index contributed by atoms with van der Waals surface area (Å²) in [4.78, 5) is 17.1. The van der Waals surface area contributed by atoms with Crippen molar-refractivity contribution in [3.63, 3.8) is 0 Å². The molecule has 5 nitrogen and oxygen atoms in total. The van der Waals surface area contributed by atoms with E-state index in [1.54, 1.807) is 18.3 Å². The first-order valence-corrected chi connectivity index (χ1v) is 7.16. The Hall–Kier alpha value is -2.08. The van der Waals surface area contributed by atoms with Crippen LogP contribution in [0.2, 0.25) is 0 Å². The van der Waals surface area contributed by atoms with E-state index in [2.05, 4.69) is 4.98 Å².